The average Bonchev–Trinajstić information content (AvgIpc) is 3.07. The van der Waals surface area contributed by atoms with E-state index in [-0.39, 0.29) is 17.4 Å². The first-order chi connectivity index (χ1) is 16.3. The summed E-state index contributed by atoms with van der Waals surface area (Å²) in [4.78, 5) is 35.7. The van der Waals surface area contributed by atoms with Gasteiger partial charge in [-0.05, 0) is 35.4 Å². The number of thiocarbonyl (C=S) groups is 1. The Bertz CT molecular complexity index is 1340. The van der Waals surface area contributed by atoms with E-state index in [2.05, 4.69) is 0 Å². The van der Waals surface area contributed by atoms with E-state index in [1.807, 2.05) is 30.3 Å². The lowest BCUT2D eigenvalue weighted by Crippen LogP contribution is -2.27. The van der Waals surface area contributed by atoms with Crippen molar-refractivity contribution in [2.45, 2.75) is 6.54 Å². The number of non-ortho nitro benzene ring substituents is 1. The van der Waals surface area contributed by atoms with Gasteiger partial charge in [0.25, 0.3) is 11.6 Å². The predicted molar refractivity (Wildman–Crippen MR) is 131 cm³/mol. The molecule has 0 N–H and O–H groups in total. The molecule has 1 heterocycles. The lowest BCUT2D eigenvalue weighted by Gasteiger charge is -2.14. The minimum Gasteiger partial charge on any atom is -0.450 e. The van der Waals surface area contributed by atoms with Gasteiger partial charge in [-0.15, -0.1) is 0 Å². The van der Waals surface area contributed by atoms with Crippen LogP contribution in [0.5, 0.6) is 11.5 Å². The number of carbonyl (C=O) groups is 1. The van der Waals surface area contributed by atoms with E-state index in [4.69, 9.17) is 17.0 Å². The number of thioether (sulfide) groups is 1. The Morgan fingerprint density at radius 2 is 1.74 bits per heavy atom. The molecular formula is C23H15N3O6S2. The number of hydrogen-bond donors (Lipinski definition) is 0. The summed E-state index contributed by atoms with van der Waals surface area (Å²) >= 11 is 6.57. The molecule has 0 aliphatic carbocycles. The van der Waals surface area contributed by atoms with E-state index in [0.717, 1.165) is 17.7 Å². The number of ether oxygens (including phenoxy) is 1. The molecule has 0 unspecified atom stereocenters. The quantitative estimate of drug-likeness (QED) is 0.178. The summed E-state index contributed by atoms with van der Waals surface area (Å²) in [5.41, 5.74) is 0.647. The van der Waals surface area contributed by atoms with Crippen molar-refractivity contribution in [1.82, 2.24) is 4.90 Å². The Kier molecular flexibility index (Phi) is 6.66. The third-order valence-corrected chi connectivity index (χ3v) is 6.17. The van der Waals surface area contributed by atoms with Gasteiger partial charge in [-0.2, -0.15) is 0 Å². The van der Waals surface area contributed by atoms with E-state index in [1.165, 1.54) is 22.7 Å². The van der Waals surface area contributed by atoms with Gasteiger partial charge < -0.3 is 4.74 Å². The molecule has 1 fully saturated rings. The van der Waals surface area contributed by atoms with Crippen molar-refractivity contribution in [2.24, 2.45) is 0 Å². The molecule has 0 atom stereocenters. The maximum absolute atomic E-state index is 12.9. The zero-order valence-electron chi connectivity index (χ0n) is 17.3. The average molecular weight is 494 g/mol. The fourth-order valence-corrected chi connectivity index (χ4v) is 4.45. The van der Waals surface area contributed by atoms with Gasteiger partial charge in [-0.3, -0.25) is 29.9 Å². The summed E-state index contributed by atoms with van der Waals surface area (Å²) in [6, 6.07) is 19.3. The number of nitrogens with zero attached hydrogens (tertiary/aromatic N) is 3. The van der Waals surface area contributed by atoms with Crippen LogP contribution in [-0.2, 0) is 11.3 Å². The van der Waals surface area contributed by atoms with Crippen molar-refractivity contribution >= 4 is 51.7 Å². The molecule has 3 aromatic carbocycles. The van der Waals surface area contributed by atoms with Crippen molar-refractivity contribution in [3.8, 4) is 11.5 Å². The number of rotatable bonds is 7. The van der Waals surface area contributed by atoms with Crippen molar-refractivity contribution in [1.29, 1.82) is 0 Å². The monoisotopic (exact) mass is 493 g/mol. The third-order valence-electron chi connectivity index (χ3n) is 4.79. The molecule has 4 rings (SSSR count). The van der Waals surface area contributed by atoms with Crippen LogP contribution in [0.2, 0.25) is 0 Å². The van der Waals surface area contributed by atoms with Crippen LogP contribution in [0.25, 0.3) is 6.08 Å². The zero-order valence-corrected chi connectivity index (χ0v) is 19.0. The Morgan fingerprint density at radius 3 is 2.44 bits per heavy atom. The standard InChI is InChI=1S/C23H15N3O6S2/c27-22-21(34-23(33)24(22)14-15-5-2-1-3-6-15)12-16-7-4-8-18(11-16)32-20-10-9-17(25(28)29)13-19(20)26(30)31/h1-13H,14H2. The summed E-state index contributed by atoms with van der Waals surface area (Å²) in [5.74, 6) is -0.0800. The molecular weight excluding hydrogens is 478 g/mol. The van der Waals surface area contributed by atoms with E-state index < -0.39 is 21.2 Å². The predicted octanol–water partition coefficient (Wildman–Crippen LogP) is 5.70. The molecule has 170 valence electrons. The Labute approximate surface area is 202 Å². The summed E-state index contributed by atoms with van der Waals surface area (Å²) < 4.78 is 6.09. The second-order valence-electron chi connectivity index (χ2n) is 7.09. The van der Waals surface area contributed by atoms with Gasteiger partial charge >= 0.3 is 5.69 Å². The van der Waals surface area contributed by atoms with Crippen molar-refractivity contribution in [3.05, 3.63) is 109 Å². The van der Waals surface area contributed by atoms with E-state index in [0.29, 0.717) is 21.3 Å². The van der Waals surface area contributed by atoms with Crippen LogP contribution in [-0.4, -0.2) is 25.0 Å². The van der Waals surface area contributed by atoms with E-state index in [9.17, 15) is 25.0 Å². The number of nitro groups is 2. The summed E-state index contributed by atoms with van der Waals surface area (Å²) in [7, 11) is 0. The molecule has 0 bridgehead atoms. The lowest BCUT2D eigenvalue weighted by atomic mass is 10.2. The molecule has 1 aliphatic heterocycles. The van der Waals surface area contributed by atoms with Crippen LogP contribution in [0, 0.1) is 20.2 Å². The topological polar surface area (TPSA) is 116 Å². The van der Waals surface area contributed by atoms with E-state index in [1.54, 1.807) is 30.3 Å². The molecule has 11 heteroatoms. The molecule has 3 aromatic rings. The molecule has 0 radical (unpaired) electrons. The number of nitro benzene ring substituents is 2. The minimum absolute atomic E-state index is 0.137. The first-order valence-electron chi connectivity index (χ1n) is 9.82. The van der Waals surface area contributed by atoms with Gasteiger partial charge in [0.1, 0.15) is 10.1 Å². The highest BCUT2D eigenvalue weighted by atomic mass is 32.2. The fraction of sp³-hybridized carbons (Fsp3) is 0.0435. The van der Waals surface area contributed by atoms with Gasteiger partial charge in [0.15, 0.2) is 0 Å². The molecule has 0 aromatic heterocycles. The molecule has 1 aliphatic rings. The van der Waals surface area contributed by atoms with Crippen molar-refractivity contribution in [3.63, 3.8) is 0 Å². The highest BCUT2D eigenvalue weighted by molar-refractivity contribution is 8.26. The van der Waals surface area contributed by atoms with Crippen LogP contribution in [0.3, 0.4) is 0 Å². The van der Waals surface area contributed by atoms with Gasteiger partial charge in [0, 0.05) is 6.07 Å². The van der Waals surface area contributed by atoms with Crippen LogP contribution in [0.4, 0.5) is 11.4 Å². The van der Waals surface area contributed by atoms with Crippen molar-refractivity contribution in [2.75, 3.05) is 0 Å². The van der Waals surface area contributed by atoms with Crippen LogP contribution in [0.1, 0.15) is 11.1 Å². The minimum atomic E-state index is -0.746. The summed E-state index contributed by atoms with van der Waals surface area (Å²) in [6.07, 6.45) is 1.67. The summed E-state index contributed by atoms with van der Waals surface area (Å²) in [5, 5.41) is 22.3. The van der Waals surface area contributed by atoms with Crippen LogP contribution < -0.4 is 4.74 Å². The summed E-state index contributed by atoms with van der Waals surface area (Å²) in [6.45, 7) is 0.371. The lowest BCUT2D eigenvalue weighted by molar-refractivity contribution is -0.394. The SMILES string of the molecule is O=C1C(=Cc2cccc(Oc3ccc([N+](=O)[O-])cc3[N+](=O)[O-])c2)SC(=S)N1Cc1ccccc1. The molecule has 0 spiro atoms. The Hall–Kier alpha value is -4.09. The van der Waals surface area contributed by atoms with Gasteiger partial charge in [0.2, 0.25) is 5.75 Å². The number of amides is 1. The third kappa shape index (κ3) is 5.11. The zero-order chi connectivity index (χ0) is 24.2. The normalized spacial score (nSPS) is 14.5. The number of benzene rings is 3. The highest BCUT2D eigenvalue weighted by Crippen LogP contribution is 2.36. The molecule has 34 heavy (non-hydrogen) atoms. The number of carbonyl (C=O) groups excluding carboxylic acids is 1. The fourth-order valence-electron chi connectivity index (χ4n) is 3.20. The second-order valence-corrected chi connectivity index (χ2v) is 8.77. The van der Waals surface area contributed by atoms with Crippen LogP contribution >= 0.6 is 24.0 Å². The van der Waals surface area contributed by atoms with Gasteiger partial charge in [-0.1, -0.05) is 66.4 Å². The van der Waals surface area contributed by atoms with E-state index >= 15 is 0 Å². The Morgan fingerprint density at radius 1 is 0.971 bits per heavy atom. The second kappa shape index (κ2) is 9.81. The maximum Gasteiger partial charge on any atom is 0.318 e. The van der Waals surface area contributed by atoms with Crippen LogP contribution in [0.15, 0.2) is 77.7 Å². The highest BCUT2D eigenvalue weighted by Gasteiger charge is 2.32. The maximum atomic E-state index is 12.9. The molecule has 0 saturated carbocycles. The first-order valence-corrected chi connectivity index (χ1v) is 11.0. The largest absolute Gasteiger partial charge is 0.450 e. The molecule has 1 saturated heterocycles. The molecule has 1 amide bonds. The Balaban J connectivity index is 1.55. The first kappa shape index (κ1) is 23.1. The van der Waals surface area contributed by atoms with Gasteiger partial charge in [0.05, 0.1) is 27.4 Å². The number of hydrogen-bond acceptors (Lipinski definition) is 8. The smallest absolute Gasteiger partial charge is 0.318 e. The van der Waals surface area contributed by atoms with Gasteiger partial charge in [-0.25, -0.2) is 0 Å². The molecule has 9 nitrogen and oxygen atoms in total. The van der Waals surface area contributed by atoms with Crippen molar-refractivity contribution < 1.29 is 19.4 Å².